The highest BCUT2D eigenvalue weighted by Crippen LogP contribution is 2.22. The van der Waals surface area contributed by atoms with Crippen LogP contribution in [0.3, 0.4) is 0 Å². The Morgan fingerprint density at radius 3 is 2.67 bits per heavy atom. The summed E-state index contributed by atoms with van der Waals surface area (Å²) in [6.45, 7) is 1.70. The molecule has 4 bridgehead atoms. The molecule has 0 saturated heterocycles. The van der Waals surface area contributed by atoms with Gasteiger partial charge in [-0.25, -0.2) is 4.98 Å². The maximum Gasteiger partial charge on any atom is 0.274 e. The highest BCUT2D eigenvalue weighted by molar-refractivity contribution is 6.08. The molecule has 3 aromatic rings. The molecule has 0 radical (unpaired) electrons. The lowest BCUT2D eigenvalue weighted by atomic mass is 10.1. The van der Waals surface area contributed by atoms with Crippen molar-refractivity contribution in [1.82, 2.24) is 25.1 Å². The van der Waals surface area contributed by atoms with E-state index in [9.17, 15) is 9.59 Å². The highest BCUT2D eigenvalue weighted by atomic mass is 16.5. The Bertz CT molecular complexity index is 1080. The molecule has 1 aliphatic heterocycles. The SMILES string of the molecule is Cn1cc2c(n1)C(=O)NCCOCCNc1cc(ccn1)-c1cncc(c1)C(=O)N2. The average Bonchev–Trinajstić information content (AvgIpc) is 3.12. The number of anilines is 2. The molecule has 4 heterocycles. The van der Waals surface area contributed by atoms with Crippen molar-refractivity contribution in [1.29, 1.82) is 0 Å². The molecule has 10 nitrogen and oxygen atoms in total. The molecule has 0 saturated carbocycles. The molecule has 0 aromatic carbocycles. The summed E-state index contributed by atoms with van der Waals surface area (Å²) in [5.41, 5.74) is 2.47. The fraction of sp³-hybridized carbons (Fsp3) is 0.250. The summed E-state index contributed by atoms with van der Waals surface area (Å²) >= 11 is 0. The van der Waals surface area contributed by atoms with Crippen LogP contribution in [0.2, 0.25) is 0 Å². The first-order chi connectivity index (χ1) is 14.6. The Morgan fingerprint density at radius 2 is 1.80 bits per heavy atom. The zero-order valence-corrected chi connectivity index (χ0v) is 16.4. The Kier molecular flexibility index (Phi) is 5.66. The van der Waals surface area contributed by atoms with Crippen molar-refractivity contribution < 1.29 is 14.3 Å². The Hall–Kier alpha value is -3.79. The van der Waals surface area contributed by atoms with Gasteiger partial charge in [-0.15, -0.1) is 0 Å². The summed E-state index contributed by atoms with van der Waals surface area (Å²) in [4.78, 5) is 33.8. The molecule has 30 heavy (non-hydrogen) atoms. The van der Waals surface area contributed by atoms with Gasteiger partial charge in [-0.05, 0) is 23.8 Å². The molecular weight excluding hydrogens is 386 g/mol. The Labute approximate surface area is 172 Å². The number of hydrogen-bond donors (Lipinski definition) is 3. The van der Waals surface area contributed by atoms with Crippen LogP contribution in [0, 0.1) is 0 Å². The van der Waals surface area contributed by atoms with E-state index in [-0.39, 0.29) is 17.5 Å². The van der Waals surface area contributed by atoms with E-state index in [1.165, 1.54) is 10.9 Å². The van der Waals surface area contributed by atoms with Gasteiger partial charge in [-0.3, -0.25) is 19.3 Å². The van der Waals surface area contributed by atoms with Gasteiger partial charge in [0.1, 0.15) is 5.82 Å². The monoisotopic (exact) mass is 407 g/mol. The zero-order chi connectivity index (χ0) is 20.9. The van der Waals surface area contributed by atoms with Crippen molar-refractivity contribution in [2.75, 3.05) is 36.9 Å². The molecule has 0 atom stereocenters. The minimum atomic E-state index is -0.389. The van der Waals surface area contributed by atoms with Gasteiger partial charge in [0.15, 0.2) is 5.69 Å². The molecule has 154 valence electrons. The van der Waals surface area contributed by atoms with Gasteiger partial charge >= 0.3 is 0 Å². The number of nitrogens with one attached hydrogen (secondary N) is 3. The van der Waals surface area contributed by atoms with Crippen molar-refractivity contribution in [2.45, 2.75) is 0 Å². The summed E-state index contributed by atoms with van der Waals surface area (Å²) in [7, 11) is 1.68. The number of fused-ring (bicyclic) bond motifs is 6. The normalized spacial score (nSPS) is 15.1. The largest absolute Gasteiger partial charge is 0.378 e. The van der Waals surface area contributed by atoms with Crippen LogP contribution in [0.25, 0.3) is 11.1 Å². The van der Waals surface area contributed by atoms with Crippen LogP contribution in [-0.2, 0) is 11.8 Å². The number of rotatable bonds is 0. The number of nitrogens with zero attached hydrogens (tertiary/aromatic N) is 4. The van der Waals surface area contributed by atoms with Crippen LogP contribution in [0.1, 0.15) is 20.8 Å². The summed E-state index contributed by atoms with van der Waals surface area (Å²) in [5, 5.41) is 12.9. The minimum Gasteiger partial charge on any atom is -0.378 e. The number of aromatic nitrogens is 4. The summed E-state index contributed by atoms with van der Waals surface area (Å²) in [5.74, 6) is -0.0802. The van der Waals surface area contributed by atoms with E-state index in [1.807, 2.05) is 12.1 Å². The zero-order valence-electron chi connectivity index (χ0n) is 16.4. The van der Waals surface area contributed by atoms with Gasteiger partial charge in [0.2, 0.25) is 0 Å². The predicted octanol–water partition coefficient (Wildman–Crippen LogP) is 1.30. The van der Waals surface area contributed by atoms with Gasteiger partial charge in [0, 0.05) is 50.5 Å². The topological polar surface area (TPSA) is 123 Å². The third kappa shape index (κ3) is 4.44. The lowest BCUT2D eigenvalue weighted by Gasteiger charge is -2.11. The molecule has 4 rings (SSSR count). The van der Waals surface area contributed by atoms with E-state index in [0.717, 1.165) is 11.1 Å². The Balaban J connectivity index is 1.68. The second kappa shape index (κ2) is 8.70. The van der Waals surface area contributed by atoms with Crippen LogP contribution in [0.4, 0.5) is 11.5 Å². The number of amides is 2. The van der Waals surface area contributed by atoms with Crippen molar-refractivity contribution in [3.05, 3.63) is 54.2 Å². The lowest BCUT2D eigenvalue weighted by Crippen LogP contribution is -2.29. The minimum absolute atomic E-state index is 0.136. The number of aryl methyl sites for hydroxylation is 1. The number of carbonyl (C=O) groups excluding carboxylic acids is 2. The average molecular weight is 407 g/mol. The van der Waals surface area contributed by atoms with E-state index in [1.54, 1.807) is 31.7 Å². The van der Waals surface area contributed by atoms with Gasteiger partial charge in [-0.1, -0.05) is 0 Å². The second-order valence-corrected chi connectivity index (χ2v) is 6.71. The molecule has 0 aliphatic carbocycles. The van der Waals surface area contributed by atoms with Gasteiger partial charge in [0.25, 0.3) is 11.8 Å². The summed E-state index contributed by atoms with van der Waals surface area (Å²) in [6.07, 6.45) is 6.44. The standard InChI is InChI=1S/C20H21N7O3/c1-27-12-16-18(26-27)20(29)24-5-7-30-6-4-23-17-9-13(2-3-22-17)14-8-15(11-21-10-14)19(28)25-16/h2-3,8-12H,4-7H2,1H3,(H,22,23)(H,24,29)(H,25,28). The van der Waals surface area contributed by atoms with E-state index in [2.05, 4.69) is 31.0 Å². The van der Waals surface area contributed by atoms with Crippen molar-refractivity contribution in [3.63, 3.8) is 0 Å². The highest BCUT2D eigenvalue weighted by Gasteiger charge is 2.19. The molecule has 0 spiro atoms. The number of carbonyl (C=O) groups is 2. The molecule has 10 heteroatoms. The van der Waals surface area contributed by atoms with Crippen LogP contribution in [0.15, 0.2) is 43.0 Å². The fourth-order valence-electron chi connectivity index (χ4n) is 3.04. The smallest absolute Gasteiger partial charge is 0.274 e. The van der Waals surface area contributed by atoms with Gasteiger partial charge < -0.3 is 20.7 Å². The van der Waals surface area contributed by atoms with Crippen molar-refractivity contribution >= 4 is 23.3 Å². The van der Waals surface area contributed by atoms with E-state index >= 15 is 0 Å². The van der Waals surface area contributed by atoms with Crippen LogP contribution in [-0.4, -0.2) is 57.9 Å². The summed E-state index contributed by atoms with van der Waals surface area (Å²) < 4.78 is 7.01. The molecular formula is C20H21N7O3. The van der Waals surface area contributed by atoms with Crippen LogP contribution in [0.5, 0.6) is 0 Å². The molecule has 0 fully saturated rings. The first-order valence-electron chi connectivity index (χ1n) is 9.46. The van der Waals surface area contributed by atoms with E-state index in [4.69, 9.17) is 4.74 Å². The fourth-order valence-corrected chi connectivity index (χ4v) is 3.04. The third-order valence-corrected chi connectivity index (χ3v) is 4.47. The van der Waals surface area contributed by atoms with Gasteiger partial charge in [-0.2, -0.15) is 5.10 Å². The van der Waals surface area contributed by atoms with Crippen LogP contribution < -0.4 is 16.0 Å². The predicted molar refractivity (Wildman–Crippen MR) is 110 cm³/mol. The molecule has 2 amide bonds. The molecule has 3 N–H and O–H groups in total. The second-order valence-electron chi connectivity index (χ2n) is 6.71. The van der Waals surface area contributed by atoms with E-state index < -0.39 is 0 Å². The first kappa shape index (κ1) is 19.5. The van der Waals surface area contributed by atoms with E-state index in [0.29, 0.717) is 43.4 Å². The number of ether oxygens (including phenoxy) is 1. The van der Waals surface area contributed by atoms with Crippen molar-refractivity contribution in [3.8, 4) is 11.1 Å². The Morgan fingerprint density at radius 1 is 1.00 bits per heavy atom. The summed E-state index contributed by atoms with van der Waals surface area (Å²) in [6, 6.07) is 5.48. The van der Waals surface area contributed by atoms with Crippen LogP contribution >= 0.6 is 0 Å². The molecule has 1 aliphatic rings. The third-order valence-electron chi connectivity index (χ3n) is 4.47. The maximum absolute atomic E-state index is 12.8. The first-order valence-corrected chi connectivity index (χ1v) is 9.46. The lowest BCUT2D eigenvalue weighted by molar-refractivity contribution is 0.0916. The van der Waals surface area contributed by atoms with Crippen molar-refractivity contribution in [2.24, 2.45) is 7.05 Å². The molecule has 0 unspecified atom stereocenters. The van der Waals surface area contributed by atoms with Gasteiger partial charge in [0.05, 0.1) is 24.5 Å². The quantitative estimate of drug-likeness (QED) is 0.513. The number of pyridine rings is 2. The number of hydrogen-bond acceptors (Lipinski definition) is 7. The maximum atomic E-state index is 12.8. The molecule has 3 aromatic heterocycles.